The summed E-state index contributed by atoms with van der Waals surface area (Å²) < 4.78 is 27.2. The van der Waals surface area contributed by atoms with Gasteiger partial charge < -0.3 is 5.73 Å². The van der Waals surface area contributed by atoms with Crippen molar-refractivity contribution in [3.05, 3.63) is 0 Å². The van der Waals surface area contributed by atoms with Crippen molar-refractivity contribution in [2.45, 2.75) is 38.0 Å². The van der Waals surface area contributed by atoms with E-state index in [-0.39, 0.29) is 11.8 Å². The summed E-state index contributed by atoms with van der Waals surface area (Å²) in [5.74, 6) is -2.76. The molecule has 76 valence electrons. The Morgan fingerprint density at radius 1 is 1.15 bits per heavy atom. The van der Waals surface area contributed by atoms with Crippen LogP contribution in [0.5, 0.6) is 0 Å². The lowest BCUT2D eigenvalue weighted by Gasteiger charge is -2.45. The van der Waals surface area contributed by atoms with Crippen LogP contribution in [0.2, 0.25) is 0 Å². The Hall–Kier alpha value is -0.180. The number of alkyl halides is 2. The third kappa shape index (κ3) is 1.47. The minimum atomic E-state index is -2.38. The molecule has 0 radical (unpaired) electrons. The molecule has 2 N–H and O–H groups in total. The summed E-state index contributed by atoms with van der Waals surface area (Å²) in [6, 6.07) is 0. The molecule has 0 spiro atoms. The molecule has 2 aliphatic rings. The maximum Gasteiger partial charge on any atom is 0.253 e. The Morgan fingerprint density at radius 2 is 1.69 bits per heavy atom. The molecule has 0 aromatic rings. The van der Waals surface area contributed by atoms with Gasteiger partial charge in [-0.1, -0.05) is 6.42 Å². The molecule has 1 nitrogen and oxygen atoms in total. The highest BCUT2D eigenvalue weighted by Crippen LogP contribution is 2.52. The molecule has 0 aromatic carbocycles. The molecule has 1 unspecified atom stereocenters. The van der Waals surface area contributed by atoms with Gasteiger partial charge in [-0.05, 0) is 38.1 Å². The summed E-state index contributed by atoms with van der Waals surface area (Å²) in [4.78, 5) is 0. The lowest BCUT2D eigenvalue weighted by molar-refractivity contribution is -0.164. The van der Waals surface area contributed by atoms with E-state index in [1.165, 1.54) is 0 Å². The number of rotatable bonds is 1. The molecule has 0 heterocycles. The number of nitrogens with two attached hydrogens (primary N) is 1. The molecule has 0 aromatic heterocycles. The zero-order valence-corrected chi connectivity index (χ0v) is 7.81. The Bertz CT molecular complexity index is 177. The van der Waals surface area contributed by atoms with Crippen molar-refractivity contribution in [2.75, 3.05) is 6.54 Å². The maximum atomic E-state index is 13.6. The first kappa shape index (κ1) is 9.38. The van der Waals surface area contributed by atoms with Gasteiger partial charge in [-0.3, -0.25) is 0 Å². The van der Waals surface area contributed by atoms with Gasteiger partial charge in [-0.15, -0.1) is 0 Å². The van der Waals surface area contributed by atoms with Gasteiger partial charge in [-0.2, -0.15) is 0 Å². The minimum Gasteiger partial charge on any atom is -0.330 e. The molecule has 13 heavy (non-hydrogen) atoms. The Balaban J connectivity index is 2.12. The van der Waals surface area contributed by atoms with Crippen LogP contribution in [0.3, 0.4) is 0 Å². The van der Waals surface area contributed by atoms with Gasteiger partial charge in [-0.25, -0.2) is 8.78 Å². The summed E-state index contributed by atoms with van der Waals surface area (Å²) in [6.45, 7) is 0.586. The van der Waals surface area contributed by atoms with Gasteiger partial charge in [0.25, 0.3) is 5.92 Å². The molecule has 0 amide bonds. The fourth-order valence-corrected chi connectivity index (χ4v) is 2.97. The van der Waals surface area contributed by atoms with Gasteiger partial charge in [0.15, 0.2) is 0 Å². The predicted molar refractivity (Wildman–Crippen MR) is 47.6 cm³/mol. The van der Waals surface area contributed by atoms with E-state index < -0.39 is 5.92 Å². The average molecular weight is 189 g/mol. The first-order valence-corrected chi connectivity index (χ1v) is 5.22. The molecule has 2 fully saturated rings. The molecular weight excluding hydrogens is 172 g/mol. The van der Waals surface area contributed by atoms with E-state index in [1.54, 1.807) is 0 Å². The van der Waals surface area contributed by atoms with E-state index in [2.05, 4.69) is 0 Å². The van der Waals surface area contributed by atoms with Crippen LogP contribution >= 0.6 is 0 Å². The Kier molecular flexibility index (Phi) is 2.30. The smallest absolute Gasteiger partial charge is 0.253 e. The average Bonchev–Trinajstić information content (AvgIpc) is 2.02. The van der Waals surface area contributed by atoms with Crippen LogP contribution in [-0.4, -0.2) is 12.5 Å². The van der Waals surface area contributed by atoms with E-state index in [0.29, 0.717) is 38.1 Å². The summed E-state index contributed by atoms with van der Waals surface area (Å²) in [6.07, 6.45) is 3.71. The normalized spacial score (nSPS) is 43.2. The molecule has 2 rings (SSSR count). The van der Waals surface area contributed by atoms with Gasteiger partial charge in [0.2, 0.25) is 0 Å². The van der Waals surface area contributed by atoms with Crippen LogP contribution in [0.25, 0.3) is 0 Å². The maximum absolute atomic E-state index is 13.6. The lowest BCUT2D eigenvalue weighted by Crippen LogP contribution is -2.47. The number of fused-ring (bicyclic) bond motifs is 2. The highest BCUT2D eigenvalue weighted by molar-refractivity contribution is 4.95. The molecule has 0 saturated heterocycles. The zero-order chi connectivity index (χ0) is 9.47. The van der Waals surface area contributed by atoms with Crippen molar-refractivity contribution in [3.8, 4) is 0 Å². The molecule has 0 aliphatic heterocycles. The SMILES string of the molecule is NCC1C[C@H]2CCC[C@@H](C1)C2(F)F. The van der Waals surface area contributed by atoms with Crippen LogP contribution < -0.4 is 5.73 Å². The molecule has 2 saturated carbocycles. The first-order valence-electron chi connectivity index (χ1n) is 5.22. The highest BCUT2D eigenvalue weighted by Gasteiger charge is 2.52. The number of hydrogen-bond donors (Lipinski definition) is 1. The van der Waals surface area contributed by atoms with Crippen LogP contribution in [0.1, 0.15) is 32.1 Å². The van der Waals surface area contributed by atoms with Crippen molar-refractivity contribution >= 4 is 0 Å². The monoisotopic (exact) mass is 189 g/mol. The van der Waals surface area contributed by atoms with E-state index in [4.69, 9.17) is 5.73 Å². The topological polar surface area (TPSA) is 26.0 Å². The van der Waals surface area contributed by atoms with Gasteiger partial charge in [0, 0.05) is 11.8 Å². The molecular formula is C10H17F2N. The van der Waals surface area contributed by atoms with Crippen molar-refractivity contribution in [3.63, 3.8) is 0 Å². The third-order valence-electron chi connectivity index (χ3n) is 3.76. The van der Waals surface area contributed by atoms with Gasteiger partial charge in [0.1, 0.15) is 0 Å². The molecule has 3 atom stereocenters. The second kappa shape index (κ2) is 3.19. The van der Waals surface area contributed by atoms with Gasteiger partial charge in [0.05, 0.1) is 0 Å². The number of hydrogen-bond acceptors (Lipinski definition) is 1. The summed E-state index contributed by atoms with van der Waals surface area (Å²) >= 11 is 0. The second-order valence-electron chi connectivity index (χ2n) is 4.57. The van der Waals surface area contributed by atoms with E-state index in [1.807, 2.05) is 0 Å². The van der Waals surface area contributed by atoms with E-state index in [9.17, 15) is 8.78 Å². The highest BCUT2D eigenvalue weighted by atomic mass is 19.3. The van der Waals surface area contributed by atoms with E-state index >= 15 is 0 Å². The quantitative estimate of drug-likeness (QED) is 0.673. The molecule has 2 aliphatic carbocycles. The van der Waals surface area contributed by atoms with Gasteiger partial charge >= 0.3 is 0 Å². The fraction of sp³-hybridized carbons (Fsp3) is 1.00. The van der Waals surface area contributed by atoms with Crippen LogP contribution in [0.4, 0.5) is 8.78 Å². The van der Waals surface area contributed by atoms with Crippen LogP contribution in [0, 0.1) is 17.8 Å². The molecule has 2 bridgehead atoms. The van der Waals surface area contributed by atoms with Crippen LogP contribution in [-0.2, 0) is 0 Å². The fourth-order valence-electron chi connectivity index (χ4n) is 2.97. The summed E-state index contributed by atoms with van der Waals surface area (Å²) in [7, 11) is 0. The van der Waals surface area contributed by atoms with Crippen molar-refractivity contribution in [2.24, 2.45) is 23.5 Å². The van der Waals surface area contributed by atoms with E-state index in [0.717, 1.165) is 6.42 Å². The van der Waals surface area contributed by atoms with Crippen molar-refractivity contribution < 1.29 is 8.78 Å². The first-order chi connectivity index (χ1) is 6.14. The largest absolute Gasteiger partial charge is 0.330 e. The molecule has 3 heteroatoms. The second-order valence-corrected chi connectivity index (χ2v) is 4.57. The predicted octanol–water partition coefficient (Wildman–Crippen LogP) is 2.41. The zero-order valence-electron chi connectivity index (χ0n) is 7.81. The van der Waals surface area contributed by atoms with Crippen molar-refractivity contribution in [1.29, 1.82) is 0 Å². The Labute approximate surface area is 77.7 Å². The lowest BCUT2D eigenvalue weighted by atomic mass is 9.65. The third-order valence-corrected chi connectivity index (χ3v) is 3.76. The standard InChI is InChI=1S/C10H17F2N/c11-10(12)8-2-1-3-9(10)5-7(4-8)6-13/h7-9H,1-6,13H2/t7?,8-,9+. The summed E-state index contributed by atoms with van der Waals surface area (Å²) in [5.41, 5.74) is 5.55. The van der Waals surface area contributed by atoms with Crippen molar-refractivity contribution in [1.82, 2.24) is 0 Å². The number of halogens is 2. The van der Waals surface area contributed by atoms with Crippen LogP contribution in [0.15, 0.2) is 0 Å². The summed E-state index contributed by atoms with van der Waals surface area (Å²) in [5, 5.41) is 0. The minimum absolute atomic E-state index is 0.356. The Morgan fingerprint density at radius 3 is 2.15 bits per heavy atom.